The van der Waals surface area contributed by atoms with Gasteiger partial charge in [0.1, 0.15) is 5.82 Å². The van der Waals surface area contributed by atoms with E-state index in [0.717, 1.165) is 37.3 Å². The number of aryl methyl sites for hydroxylation is 1. The van der Waals surface area contributed by atoms with Crippen LogP contribution >= 0.6 is 0 Å². The summed E-state index contributed by atoms with van der Waals surface area (Å²) in [6.45, 7) is 4.35. The van der Waals surface area contributed by atoms with Gasteiger partial charge in [-0.25, -0.2) is 4.98 Å². The van der Waals surface area contributed by atoms with Crippen molar-refractivity contribution < 1.29 is 0 Å². The fraction of sp³-hybridized carbons (Fsp3) is 0.263. The molecule has 1 N–H and O–H groups in total. The molecular weight excluding hydrogens is 286 g/mol. The lowest BCUT2D eigenvalue weighted by Gasteiger charge is -2.28. The van der Waals surface area contributed by atoms with Crippen molar-refractivity contribution in [3.63, 3.8) is 0 Å². The molecule has 23 heavy (non-hydrogen) atoms. The quantitative estimate of drug-likeness (QED) is 0.792. The van der Waals surface area contributed by atoms with E-state index in [0.29, 0.717) is 5.82 Å². The van der Waals surface area contributed by atoms with Crippen molar-refractivity contribution >= 4 is 10.8 Å². The van der Waals surface area contributed by atoms with E-state index in [4.69, 9.17) is 0 Å². The summed E-state index contributed by atoms with van der Waals surface area (Å²) in [4.78, 5) is 21.7. The molecule has 0 atom stereocenters. The average molecular weight is 305 g/mol. The van der Waals surface area contributed by atoms with Gasteiger partial charge in [-0.3, -0.25) is 9.69 Å². The average Bonchev–Trinajstić information content (AvgIpc) is 2.55. The molecule has 1 aromatic heterocycles. The number of H-pyrrole nitrogens is 1. The van der Waals surface area contributed by atoms with Gasteiger partial charge in [0.05, 0.1) is 5.69 Å². The van der Waals surface area contributed by atoms with E-state index < -0.39 is 0 Å². The van der Waals surface area contributed by atoms with Gasteiger partial charge in [-0.05, 0) is 29.7 Å². The Hall–Kier alpha value is -2.46. The van der Waals surface area contributed by atoms with Gasteiger partial charge in [0, 0.05) is 25.2 Å². The molecule has 0 fully saturated rings. The van der Waals surface area contributed by atoms with Crippen molar-refractivity contribution in [3.8, 4) is 0 Å². The van der Waals surface area contributed by atoms with Crippen molar-refractivity contribution in [2.24, 2.45) is 0 Å². The second-order valence-corrected chi connectivity index (χ2v) is 6.18. The fourth-order valence-electron chi connectivity index (χ4n) is 3.42. The van der Waals surface area contributed by atoms with Gasteiger partial charge in [0.15, 0.2) is 0 Å². The number of hydrogen-bond donors (Lipinski definition) is 1. The van der Waals surface area contributed by atoms with E-state index in [1.54, 1.807) is 0 Å². The Bertz CT molecular complexity index is 924. The standard InChI is InChI=1S/C19H19N3O/c1-13-20-18-12-22(10-9-17(18)19(23)21-13)11-15-7-4-6-14-5-2-3-8-16(14)15/h2-8H,9-12H2,1H3,(H,20,21,23). The molecule has 0 saturated heterocycles. The van der Waals surface area contributed by atoms with Crippen LogP contribution < -0.4 is 5.56 Å². The summed E-state index contributed by atoms with van der Waals surface area (Å²) in [5, 5.41) is 2.57. The van der Waals surface area contributed by atoms with E-state index in [1.807, 2.05) is 6.92 Å². The largest absolute Gasteiger partial charge is 0.311 e. The normalized spacial score (nSPS) is 14.8. The smallest absolute Gasteiger partial charge is 0.254 e. The van der Waals surface area contributed by atoms with Gasteiger partial charge in [0.25, 0.3) is 5.56 Å². The predicted molar refractivity (Wildman–Crippen MR) is 91.4 cm³/mol. The Morgan fingerprint density at radius 1 is 1.17 bits per heavy atom. The minimum atomic E-state index is 0.0253. The second kappa shape index (κ2) is 5.63. The summed E-state index contributed by atoms with van der Waals surface area (Å²) in [5.41, 5.74) is 3.13. The molecule has 116 valence electrons. The van der Waals surface area contributed by atoms with Crippen molar-refractivity contribution in [1.29, 1.82) is 0 Å². The lowest BCUT2D eigenvalue weighted by Crippen LogP contribution is -2.35. The van der Waals surface area contributed by atoms with E-state index >= 15 is 0 Å². The first kappa shape index (κ1) is 14.2. The molecular formula is C19H19N3O. The topological polar surface area (TPSA) is 49.0 Å². The monoisotopic (exact) mass is 305 g/mol. The zero-order valence-corrected chi connectivity index (χ0v) is 13.2. The molecule has 3 aromatic rings. The minimum Gasteiger partial charge on any atom is -0.311 e. The molecule has 1 aliphatic rings. The molecule has 4 rings (SSSR count). The fourth-order valence-corrected chi connectivity index (χ4v) is 3.42. The third-order valence-electron chi connectivity index (χ3n) is 4.54. The molecule has 2 aromatic carbocycles. The van der Waals surface area contributed by atoms with Crippen LogP contribution in [-0.2, 0) is 19.5 Å². The molecule has 1 aliphatic heterocycles. The minimum absolute atomic E-state index is 0.0253. The highest BCUT2D eigenvalue weighted by atomic mass is 16.1. The molecule has 0 unspecified atom stereocenters. The van der Waals surface area contributed by atoms with E-state index in [2.05, 4.69) is 57.3 Å². The van der Waals surface area contributed by atoms with Gasteiger partial charge in [-0.15, -0.1) is 0 Å². The molecule has 0 aliphatic carbocycles. The highest BCUT2D eigenvalue weighted by Crippen LogP contribution is 2.22. The van der Waals surface area contributed by atoms with Gasteiger partial charge in [0.2, 0.25) is 0 Å². The third-order valence-corrected chi connectivity index (χ3v) is 4.54. The van der Waals surface area contributed by atoms with Crippen molar-refractivity contribution in [3.05, 3.63) is 75.5 Å². The molecule has 0 radical (unpaired) electrons. The van der Waals surface area contributed by atoms with E-state index in [-0.39, 0.29) is 5.56 Å². The van der Waals surface area contributed by atoms with Gasteiger partial charge in [-0.2, -0.15) is 0 Å². The second-order valence-electron chi connectivity index (χ2n) is 6.18. The number of nitrogens with zero attached hydrogens (tertiary/aromatic N) is 2. The highest BCUT2D eigenvalue weighted by Gasteiger charge is 2.20. The van der Waals surface area contributed by atoms with Gasteiger partial charge < -0.3 is 4.98 Å². The number of nitrogens with one attached hydrogen (secondary N) is 1. The third kappa shape index (κ3) is 2.66. The van der Waals surface area contributed by atoms with E-state index in [9.17, 15) is 4.79 Å². The van der Waals surface area contributed by atoms with Crippen molar-refractivity contribution in [2.75, 3.05) is 6.54 Å². The van der Waals surface area contributed by atoms with Crippen LogP contribution in [0.4, 0.5) is 0 Å². The van der Waals surface area contributed by atoms with Crippen LogP contribution in [0, 0.1) is 6.92 Å². The maximum absolute atomic E-state index is 12.0. The van der Waals surface area contributed by atoms with Crippen LogP contribution in [0.3, 0.4) is 0 Å². The van der Waals surface area contributed by atoms with Crippen LogP contribution in [0.5, 0.6) is 0 Å². The Morgan fingerprint density at radius 2 is 2.00 bits per heavy atom. The molecule has 0 amide bonds. The van der Waals surface area contributed by atoms with E-state index in [1.165, 1.54) is 16.3 Å². The molecule has 2 heterocycles. The summed E-state index contributed by atoms with van der Waals surface area (Å²) < 4.78 is 0. The van der Waals surface area contributed by atoms with Crippen molar-refractivity contribution in [1.82, 2.24) is 14.9 Å². The first-order valence-corrected chi connectivity index (χ1v) is 7.98. The summed E-state index contributed by atoms with van der Waals surface area (Å²) in [7, 11) is 0. The molecule has 0 saturated carbocycles. The van der Waals surface area contributed by atoms with Crippen LogP contribution in [0.2, 0.25) is 0 Å². The van der Waals surface area contributed by atoms with Crippen LogP contribution in [0.1, 0.15) is 22.6 Å². The Balaban J connectivity index is 1.64. The van der Waals surface area contributed by atoms with Gasteiger partial charge >= 0.3 is 0 Å². The SMILES string of the molecule is Cc1nc2c(c(=O)[nH]1)CCN(Cc1cccc3ccccc13)C2. The highest BCUT2D eigenvalue weighted by molar-refractivity contribution is 5.85. The molecule has 4 nitrogen and oxygen atoms in total. The lowest BCUT2D eigenvalue weighted by atomic mass is 10.0. The number of aromatic nitrogens is 2. The van der Waals surface area contributed by atoms with Crippen LogP contribution in [-0.4, -0.2) is 21.4 Å². The maximum Gasteiger partial charge on any atom is 0.254 e. The number of aromatic amines is 1. The zero-order chi connectivity index (χ0) is 15.8. The number of hydrogen-bond acceptors (Lipinski definition) is 3. The Kier molecular flexibility index (Phi) is 3.46. The molecule has 4 heteroatoms. The summed E-state index contributed by atoms with van der Waals surface area (Å²) >= 11 is 0. The first-order valence-electron chi connectivity index (χ1n) is 7.98. The summed E-state index contributed by atoms with van der Waals surface area (Å²) in [5.74, 6) is 0.695. The zero-order valence-electron chi connectivity index (χ0n) is 13.2. The molecule has 0 spiro atoms. The lowest BCUT2D eigenvalue weighted by molar-refractivity contribution is 0.241. The number of rotatable bonds is 2. The number of benzene rings is 2. The summed E-state index contributed by atoms with van der Waals surface area (Å²) in [6, 6.07) is 14.9. The van der Waals surface area contributed by atoms with Crippen molar-refractivity contribution in [2.45, 2.75) is 26.4 Å². The van der Waals surface area contributed by atoms with Crippen LogP contribution in [0.25, 0.3) is 10.8 Å². The Labute approximate surface area is 134 Å². The maximum atomic E-state index is 12.0. The Morgan fingerprint density at radius 3 is 2.91 bits per heavy atom. The first-order chi connectivity index (χ1) is 11.2. The predicted octanol–water partition coefficient (Wildman–Crippen LogP) is 2.79. The number of fused-ring (bicyclic) bond motifs is 2. The van der Waals surface area contributed by atoms with Crippen LogP contribution in [0.15, 0.2) is 47.3 Å². The molecule has 0 bridgehead atoms. The summed E-state index contributed by atoms with van der Waals surface area (Å²) in [6.07, 6.45) is 0.767. The van der Waals surface area contributed by atoms with Gasteiger partial charge in [-0.1, -0.05) is 42.5 Å².